The van der Waals surface area contributed by atoms with Gasteiger partial charge in [-0.25, -0.2) is 4.79 Å². The molecule has 2 rings (SSSR count). The molecule has 1 aromatic rings. The zero-order valence-corrected chi connectivity index (χ0v) is 13.4. The molecule has 1 fully saturated rings. The minimum Gasteiger partial charge on any atom is -0.322 e. The molecule has 1 saturated heterocycles. The summed E-state index contributed by atoms with van der Waals surface area (Å²) in [5, 5.41) is 7.46. The molecule has 1 aliphatic heterocycles. The summed E-state index contributed by atoms with van der Waals surface area (Å²) in [5.74, 6) is -0.341. The van der Waals surface area contributed by atoms with E-state index in [-0.39, 0.29) is 5.91 Å². The van der Waals surface area contributed by atoms with E-state index >= 15 is 0 Å². The number of carbonyl (C=O) groups is 2. The van der Waals surface area contributed by atoms with Crippen LogP contribution in [-0.2, 0) is 4.79 Å². The zero-order valence-electron chi connectivity index (χ0n) is 11.8. The number of amides is 3. The Morgan fingerprint density at radius 2 is 2.05 bits per heavy atom. The molecule has 1 N–H and O–H groups in total. The van der Waals surface area contributed by atoms with Gasteiger partial charge in [-0.05, 0) is 40.9 Å². The third-order valence-electron chi connectivity index (χ3n) is 3.35. The van der Waals surface area contributed by atoms with Crippen molar-refractivity contribution in [1.82, 2.24) is 10.3 Å². The van der Waals surface area contributed by atoms with Gasteiger partial charge in [0.1, 0.15) is 5.54 Å². The Hall–Kier alpha value is -1.95. The van der Waals surface area contributed by atoms with Gasteiger partial charge in [-0.1, -0.05) is 37.3 Å². The highest BCUT2D eigenvalue weighted by Crippen LogP contribution is 2.21. The minimum absolute atomic E-state index is 0.341. The van der Waals surface area contributed by atoms with Crippen LogP contribution < -0.4 is 5.32 Å². The summed E-state index contributed by atoms with van der Waals surface area (Å²) in [7, 11) is 0. The number of nitrogens with one attached hydrogen (secondary N) is 1. The molecule has 1 heterocycles. The van der Waals surface area contributed by atoms with Gasteiger partial charge in [0.2, 0.25) is 0 Å². The number of imide groups is 1. The lowest BCUT2D eigenvalue weighted by atomic mass is 10.00. The molecule has 0 aromatic heterocycles. The van der Waals surface area contributed by atoms with Gasteiger partial charge in [-0.15, -0.1) is 5.01 Å². The highest BCUT2D eigenvalue weighted by atomic mass is 79.9. The Morgan fingerprint density at radius 1 is 1.38 bits per heavy atom. The third-order valence-corrected chi connectivity index (χ3v) is 3.78. The highest BCUT2D eigenvalue weighted by molar-refractivity contribution is 9.12. The average molecular weight is 350 g/mol. The van der Waals surface area contributed by atoms with E-state index in [2.05, 4.69) is 26.3 Å². The molecule has 3 amide bonds. The maximum atomic E-state index is 12.1. The molecule has 110 valence electrons. The summed E-state index contributed by atoms with van der Waals surface area (Å²) in [4.78, 5) is 23.9. The molecule has 0 spiro atoms. The van der Waals surface area contributed by atoms with Crippen molar-refractivity contribution in [2.24, 2.45) is 5.10 Å². The van der Waals surface area contributed by atoms with Gasteiger partial charge < -0.3 is 5.32 Å². The first-order chi connectivity index (χ1) is 9.96. The van der Waals surface area contributed by atoms with Gasteiger partial charge in [-0.3, -0.25) is 4.79 Å². The van der Waals surface area contributed by atoms with E-state index in [1.807, 2.05) is 43.3 Å². The monoisotopic (exact) mass is 349 g/mol. The largest absolute Gasteiger partial charge is 0.346 e. The molecule has 0 aliphatic carbocycles. The standard InChI is InChI=1S/C15H16BrN3O2/c1-3-15(2)13(20)19(14(21)18-15)17-10-12(16)9-11-7-5-4-6-8-11/h4-10H,3H2,1-2H3,(H,18,21)/b12-9+,17-10?/t15-/m0/s1. The molecule has 21 heavy (non-hydrogen) atoms. The highest BCUT2D eigenvalue weighted by Gasteiger charge is 2.46. The van der Waals surface area contributed by atoms with E-state index in [9.17, 15) is 9.59 Å². The Morgan fingerprint density at radius 3 is 2.62 bits per heavy atom. The number of allylic oxidation sites excluding steroid dienone is 1. The van der Waals surface area contributed by atoms with Crippen LogP contribution >= 0.6 is 15.9 Å². The zero-order chi connectivity index (χ0) is 15.5. The van der Waals surface area contributed by atoms with Gasteiger partial charge in [0.25, 0.3) is 5.91 Å². The van der Waals surface area contributed by atoms with Crippen molar-refractivity contribution < 1.29 is 9.59 Å². The van der Waals surface area contributed by atoms with Crippen LogP contribution in [0.15, 0.2) is 39.9 Å². The summed E-state index contributed by atoms with van der Waals surface area (Å²) in [5.41, 5.74) is 0.121. The summed E-state index contributed by atoms with van der Waals surface area (Å²) < 4.78 is 0.666. The predicted molar refractivity (Wildman–Crippen MR) is 85.9 cm³/mol. The fraction of sp³-hybridized carbons (Fsp3) is 0.267. The minimum atomic E-state index is -0.871. The molecular formula is C15H16BrN3O2. The van der Waals surface area contributed by atoms with Crippen LogP contribution in [0.1, 0.15) is 25.8 Å². The first-order valence-electron chi connectivity index (χ1n) is 6.59. The topological polar surface area (TPSA) is 61.8 Å². The molecule has 1 aromatic carbocycles. The number of rotatable bonds is 4. The average Bonchev–Trinajstić information content (AvgIpc) is 2.69. The second kappa shape index (κ2) is 6.22. The van der Waals surface area contributed by atoms with Crippen molar-refractivity contribution in [2.75, 3.05) is 0 Å². The first-order valence-corrected chi connectivity index (χ1v) is 7.38. The van der Waals surface area contributed by atoms with Crippen molar-refractivity contribution in [1.29, 1.82) is 0 Å². The fourth-order valence-electron chi connectivity index (χ4n) is 1.87. The van der Waals surface area contributed by atoms with Crippen LogP contribution in [0.25, 0.3) is 6.08 Å². The smallest absolute Gasteiger partial charge is 0.322 e. The molecule has 0 saturated carbocycles. The van der Waals surface area contributed by atoms with E-state index in [4.69, 9.17) is 0 Å². The van der Waals surface area contributed by atoms with Crippen LogP contribution in [-0.4, -0.2) is 28.7 Å². The lowest BCUT2D eigenvalue weighted by Gasteiger charge is -2.17. The van der Waals surface area contributed by atoms with Crippen LogP contribution in [0.3, 0.4) is 0 Å². The second-order valence-electron chi connectivity index (χ2n) is 4.92. The third kappa shape index (κ3) is 3.39. The fourth-order valence-corrected chi connectivity index (χ4v) is 2.23. The molecule has 0 radical (unpaired) electrons. The number of hydrogen-bond acceptors (Lipinski definition) is 3. The van der Waals surface area contributed by atoms with Crippen molar-refractivity contribution >= 4 is 40.2 Å². The Bertz CT molecular complexity index is 613. The number of carbonyl (C=O) groups excluding carboxylic acids is 2. The van der Waals surface area contributed by atoms with Crippen molar-refractivity contribution in [3.8, 4) is 0 Å². The Kier molecular flexibility index (Phi) is 4.57. The van der Waals surface area contributed by atoms with Gasteiger partial charge >= 0.3 is 6.03 Å². The molecule has 0 unspecified atom stereocenters. The number of hydrazone groups is 1. The Balaban J connectivity index is 2.13. The molecule has 1 aliphatic rings. The number of urea groups is 1. The van der Waals surface area contributed by atoms with Gasteiger partial charge in [0, 0.05) is 4.48 Å². The molecular weight excluding hydrogens is 334 g/mol. The van der Waals surface area contributed by atoms with Gasteiger partial charge in [0.05, 0.1) is 6.21 Å². The van der Waals surface area contributed by atoms with E-state index < -0.39 is 11.6 Å². The SMILES string of the molecule is CC[C@]1(C)NC(=O)N(N=C/C(Br)=C\c2ccccc2)C1=O. The van der Waals surface area contributed by atoms with Crippen molar-refractivity contribution in [2.45, 2.75) is 25.8 Å². The maximum absolute atomic E-state index is 12.1. The van der Waals surface area contributed by atoms with E-state index in [1.54, 1.807) is 6.92 Å². The lowest BCUT2D eigenvalue weighted by Crippen LogP contribution is -2.42. The number of benzene rings is 1. The predicted octanol–water partition coefficient (Wildman–Crippen LogP) is 3.13. The van der Waals surface area contributed by atoms with Crippen LogP contribution in [0, 0.1) is 0 Å². The molecule has 5 nitrogen and oxygen atoms in total. The van der Waals surface area contributed by atoms with Crippen molar-refractivity contribution in [3.05, 3.63) is 40.4 Å². The van der Waals surface area contributed by atoms with Crippen LogP contribution in [0.5, 0.6) is 0 Å². The number of hydrogen-bond donors (Lipinski definition) is 1. The first kappa shape index (κ1) is 15.4. The number of nitrogens with zero attached hydrogens (tertiary/aromatic N) is 2. The van der Waals surface area contributed by atoms with Gasteiger partial charge in [0.15, 0.2) is 0 Å². The summed E-state index contributed by atoms with van der Waals surface area (Å²) in [6.07, 6.45) is 3.80. The summed E-state index contributed by atoms with van der Waals surface area (Å²) in [6.45, 7) is 3.54. The van der Waals surface area contributed by atoms with Crippen LogP contribution in [0.2, 0.25) is 0 Å². The van der Waals surface area contributed by atoms with E-state index in [0.29, 0.717) is 10.9 Å². The number of halogens is 1. The summed E-state index contributed by atoms with van der Waals surface area (Å²) >= 11 is 3.35. The van der Waals surface area contributed by atoms with E-state index in [1.165, 1.54) is 6.21 Å². The second-order valence-corrected chi connectivity index (χ2v) is 5.83. The lowest BCUT2D eigenvalue weighted by molar-refractivity contribution is -0.130. The Labute approximate surface area is 131 Å². The summed E-state index contributed by atoms with van der Waals surface area (Å²) in [6, 6.07) is 9.16. The van der Waals surface area contributed by atoms with Gasteiger partial charge in [-0.2, -0.15) is 5.10 Å². The van der Waals surface area contributed by atoms with Crippen LogP contribution in [0.4, 0.5) is 4.79 Å². The quantitative estimate of drug-likeness (QED) is 0.670. The normalized spacial score (nSPS) is 23.0. The maximum Gasteiger partial charge on any atom is 0.346 e. The van der Waals surface area contributed by atoms with Crippen molar-refractivity contribution in [3.63, 3.8) is 0 Å². The molecule has 6 heteroatoms. The molecule has 1 atom stereocenters. The molecule has 0 bridgehead atoms. The van der Waals surface area contributed by atoms with E-state index in [0.717, 1.165) is 10.6 Å².